The Balaban J connectivity index is 1.64. The lowest BCUT2D eigenvalue weighted by atomic mass is 10.1. The molecule has 1 aliphatic rings. The molecule has 22 heavy (non-hydrogen) atoms. The van der Waals surface area contributed by atoms with Gasteiger partial charge in [0.05, 0.1) is 6.10 Å². The molecule has 0 aliphatic carbocycles. The van der Waals surface area contributed by atoms with Crippen LogP contribution in [0, 0.1) is 5.82 Å². The lowest BCUT2D eigenvalue weighted by molar-refractivity contribution is 0.0514. The van der Waals surface area contributed by atoms with E-state index in [1.807, 2.05) is 6.92 Å². The minimum absolute atomic E-state index is 0.228. The molecule has 0 bridgehead atoms. The highest BCUT2D eigenvalue weighted by molar-refractivity contribution is 5.28. The summed E-state index contributed by atoms with van der Waals surface area (Å²) in [5.41, 5.74) is 0.958. The molecule has 1 aromatic heterocycles. The van der Waals surface area contributed by atoms with Crippen LogP contribution in [0.3, 0.4) is 0 Å². The minimum Gasteiger partial charge on any atom is -0.377 e. The molecule has 1 atom stereocenters. The van der Waals surface area contributed by atoms with Crippen molar-refractivity contribution in [1.82, 2.24) is 10.1 Å². The molecule has 1 fully saturated rings. The third kappa shape index (κ3) is 3.62. The van der Waals surface area contributed by atoms with E-state index in [0.717, 1.165) is 38.1 Å². The molecule has 6 heteroatoms. The molecular weight excluding hydrogens is 285 g/mol. The summed E-state index contributed by atoms with van der Waals surface area (Å²) in [7, 11) is 0. The van der Waals surface area contributed by atoms with E-state index in [4.69, 9.17) is 9.26 Å². The van der Waals surface area contributed by atoms with E-state index in [1.165, 1.54) is 12.1 Å². The summed E-state index contributed by atoms with van der Waals surface area (Å²) >= 11 is 0. The Kier molecular flexibility index (Phi) is 4.68. The zero-order valence-electron chi connectivity index (χ0n) is 12.7. The summed E-state index contributed by atoms with van der Waals surface area (Å²) in [5, 5.41) is 4.02. The van der Waals surface area contributed by atoms with Gasteiger partial charge in [-0.2, -0.15) is 4.98 Å². The van der Waals surface area contributed by atoms with Crippen molar-refractivity contribution in [2.45, 2.75) is 32.3 Å². The van der Waals surface area contributed by atoms with Crippen molar-refractivity contribution in [2.24, 2.45) is 0 Å². The molecule has 0 radical (unpaired) electrons. The largest absolute Gasteiger partial charge is 0.377 e. The van der Waals surface area contributed by atoms with Crippen molar-refractivity contribution in [3.05, 3.63) is 41.5 Å². The molecule has 3 rings (SSSR count). The highest BCUT2D eigenvalue weighted by Gasteiger charge is 2.24. The van der Waals surface area contributed by atoms with Gasteiger partial charge in [-0.1, -0.05) is 17.3 Å². The van der Waals surface area contributed by atoms with Crippen molar-refractivity contribution in [2.75, 3.05) is 24.6 Å². The number of benzene rings is 1. The molecule has 118 valence electrons. The summed E-state index contributed by atoms with van der Waals surface area (Å²) < 4.78 is 23.9. The van der Waals surface area contributed by atoms with Crippen LogP contribution in [0.25, 0.3) is 0 Å². The second-order valence-corrected chi connectivity index (χ2v) is 5.46. The van der Waals surface area contributed by atoms with Crippen molar-refractivity contribution >= 4 is 6.01 Å². The van der Waals surface area contributed by atoms with Crippen molar-refractivity contribution in [1.29, 1.82) is 0 Å². The van der Waals surface area contributed by atoms with Crippen LogP contribution in [0.15, 0.2) is 28.8 Å². The average Bonchev–Trinajstić information content (AvgIpc) is 2.99. The van der Waals surface area contributed by atoms with Crippen LogP contribution in [0.1, 0.15) is 31.2 Å². The number of ether oxygens (including phenoxy) is 1. The highest BCUT2D eigenvalue weighted by atomic mass is 19.1. The Morgan fingerprint density at radius 3 is 2.95 bits per heavy atom. The van der Waals surface area contributed by atoms with Crippen LogP contribution in [0.2, 0.25) is 0 Å². The van der Waals surface area contributed by atoms with E-state index < -0.39 is 0 Å². The maximum Gasteiger partial charge on any atom is 0.324 e. The molecule has 0 amide bonds. The van der Waals surface area contributed by atoms with Gasteiger partial charge < -0.3 is 14.2 Å². The van der Waals surface area contributed by atoms with Gasteiger partial charge in [-0.05, 0) is 37.5 Å². The van der Waals surface area contributed by atoms with E-state index in [-0.39, 0.29) is 11.9 Å². The molecule has 2 aromatic rings. The molecule has 0 N–H and O–H groups in total. The first-order chi connectivity index (χ1) is 10.7. The molecule has 1 aromatic carbocycles. The summed E-state index contributed by atoms with van der Waals surface area (Å²) in [5.74, 6) is 0.368. The van der Waals surface area contributed by atoms with Gasteiger partial charge in [0, 0.05) is 26.1 Å². The normalized spacial score (nSPS) is 18.6. The first kappa shape index (κ1) is 15.0. The summed E-state index contributed by atoms with van der Waals surface area (Å²) in [6, 6.07) is 6.89. The van der Waals surface area contributed by atoms with E-state index in [9.17, 15) is 4.39 Å². The molecular formula is C16H20FN3O2. The van der Waals surface area contributed by atoms with E-state index in [2.05, 4.69) is 15.0 Å². The minimum atomic E-state index is -0.243. The van der Waals surface area contributed by atoms with Crippen LogP contribution in [0.4, 0.5) is 10.4 Å². The van der Waals surface area contributed by atoms with Crippen LogP contribution in [-0.4, -0.2) is 35.9 Å². The Morgan fingerprint density at radius 1 is 1.36 bits per heavy atom. The highest BCUT2D eigenvalue weighted by Crippen LogP contribution is 2.20. The summed E-state index contributed by atoms with van der Waals surface area (Å²) in [6.07, 6.45) is 2.89. The summed E-state index contributed by atoms with van der Waals surface area (Å²) in [4.78, 5) is 6.52. The SMILES string of the molecule is CCO[C@@H]1CCCN(c2nc(Cc3ccc(F)cc3)no2)C1. The van der Waals surface area contributed by atoms with Gasteiger partial charge in [-0.25, -0.2) is 4.39 Å². The monoisotopic (exact) mass is 305 g/mol. The lowest BCUT2D eigenvalue weighted by Gasteiger charge is -2.30. The first-order valence-corrected chi connectivity index (χ1v) is 7.68. The van der Waals surface area contributed by atoms with Crippen LogP contribution >= 0.6 is 0 Å². The molecule has 0 saturated carbocycles. The van der Waals surface area contributed by atoms with Gasteiger partial charge in [0.15, 0.2) is 5.82 Å². The number of halogens is 1. The predicted octanol–water partition coefficient (Wildman–Crippen LogP) is 2.80. The fourth-order valence-electron chi connectivity index (χ4n) is 2.71. The first-order valence-electron chi connectivity index (χ1n) is 7.68. The molecule has 2 heterocycles. The van der Waals surface area contributed by atoms with Crippen molar-refractivity contribution < 1.29 is 13.7 Å². The topological polar surface area (TPSA) is 51.4 Å². The Hall–Kier alpha value is -1.95. The number of hydrogen-bond acceptors (Lipinski definition) is 5. The van der Waals surface area contributed by atoms with Crippen LogP contribution in [0.5, 0.6) is 0 Å². The van der Waals surface area contributed by atoms with Crippen LogP contribution < -0.4 is 4.90 Å². The van der Waals surface area contributed by atoms with Gasteiger partial charge in [-0.15, -0.1) is 0 Å². The number of nitrogens with zero attached hydrogens (tertiary/aromatic N) is 3. The number of anilines is 1. The average molecular weight is 305 g/mol. The number of hydrogen-bond donors (Lipinski definition) is 0. The maximum absolute atomic E-state index is 12.9. The van der Waals surface area contributed by atoms with Crippen molar-refractivity contribution in [3.8, 4) is 0 Å². The summed E-state index contributed by atoms with van der Waals surface area (Å²) in [6.45, 7) is 4.42. The smallest absolute Gasteiger partial charge is 0.324 e. The molecule has 0 unspecified atom stereocenters. The number of rotatable bonds is 5. The fraction of sp³-hybridized carbons (Fsp3) is 0.500. The van der Waals surface area contributed by atoms with Crippen LogP contribution in [-0.2, 0) is 11.2 Å². The Labute approximate surface area is 129 Å². The second-order valence-electron chi connectivity index (χ2n) is 5.46. The second kappa shape index (κ2) is 6.87. The molecule has 0 spiro atoms. The number of piperidine rings is 1. The Morgan fingerprint density at radius 2 is 2.18 bits per heavy atom. The number of aromatic nitrogens is 2. The quantitative estimate of drug-likeness (QED) is 0.850. The zero-order chi connectivity index (χ0) is 15.4. The maximum atomic E-state index is 12.9. The fourth-order valence-corrected chi connectivity index (χ4v) is 2.71. The van der Waals surface area contributed by atoms with Gasteiger partial charge in [0.2, 0.25) is 0 Å². The van der Waals surface area contributed by atoms with E-state index in [0.29, 0.717) is 18.3 Å². The standard InChI is InChI=1S/C16H20FN3O2/c1-2-21-14-4-3-9-20(11-14)16-18-15(19-22-16)10-12-5-7-13(17)8-6-12/h5-8,14H,2-4,9-11H2,1H3/t14-/m1/s1. The third-order valence-corrected chi connectivity index (χ3v) is 3.78. The lowest BCUT2D eigenvalue weighted by Crippen LogP contribution is -2.39. The zero-order valence-corrected chi connectivity index (χ0v) is 12.7. The predicted molar refractivity (Wildman–Crippen MR) is 80.4 cm³/mol. The van der Waals surface area contributed by atoms with E-state index >= 15 is 0 Å². The van der Waals surface area contributed by atoms with Gasteiger partial charge in [0.25, 0.3) is 0 Å². The molecule has 1 aliphatic heterocycles. The van der Waals surface area contributed by atoms with Gasteiger partial charge in [0.1, 0.15) is 5.82 Å². The Bertz CT molecular complexity index is 598. The van der Waals surface area contributed by atoms with Gasteiger partial charge >= 0.3 is 6.01 Å². The van der Waals surface area contributed by atoms with Gasteiger partial charge in [-0.3, -0.25) is 0 Å². The molecule has 5 nitrogen and oxygen atoms in total. The molecule has 1 saturated heterocycles. The van der Waals surface area contributed by atoms with E-state index in [1.54, 1.807) is 12.1 Å². The third-order valence-electron chi connectivity index (χ3n) is 3.78. The van der Waals surface area contributed by atoms with Crippen molar-refractivity contribution in [3.63, 3.8) is 0 Å².